The molecule has 0 heterocycles. The van der Waals surface area contributed by atoms with Crippen molar-refractivity contribution in [3.8, 4) is 0 Å². The Balaban J connectivity index is 0. The van der Waals surface area contributed by atoms with Crippen molar-refractivity contribution in [1.82, 2.24) is 0 Å². The van der Waals surface area contributed by atoms with Gasteiger partial charge in [0.2, 0.25) is 5.60 Å². The Hall–Kier alpha value is -0.813. The average Bonchev–Trinajstić information content (AvgIpc) is 2.03. The number of aliphatic hydroxyl groups excluding tert-OH is 1. The first kappa shape index (κ1) is 16.6. The van der Waals surface area contributed by atoms with Crippen LogP contribution in [0.5, 0.6) is 0 Å². The van der Waals surface area contributed by atoms with Crippen molar-refractivity contribution in [3.05, 3.63) is 12.8 Å². The summed E-state index contributed by atoms with van der Waals surface area (Å²) in [6.45, 7) is 8.54. The summed E-state index contributed by atoms with van der Waals surface area (Å²) in [7, 11) is 0. The zero-order valence-electron chi connectivity index (χ0n) is 8.95. The molecule has 0 radical (unpaired) electrons. The minimum atomic E-state index is -1.15. The molecule has 4 nitrogen and oxygen atoms in total. The van der Waals surface area contributed by atoms with Crippen molar-refractivity contribution >= 4 is 16.9 Å². The molecule has 0 amide bonds. The molecule has 0 bridgehead atoms. The van der Waals surface area contributed by atoms with E-state index in [9.17, 15) is 9.90 Å². The van der Waals surface area contributed by atoms with Crippen LogP contribution in [0.1, 0.15) is 27.2 Å². The fourth-order valence-corrected chi connectivity index (χ4v) is 1.21. The molecule has 0 fully saturated rings. The first-order chi connectivity index (χ1) is 6.46. The second kappa shape index (κ2) is 7.47. The highest BCUT2D eigenvalue weighted by atomic mass is 28.1. The molecule has 0 aliphatic heterocycles. The van der Waals surface area contributed by atoms with Crippen molar-refractivity contribution in [2.45, 2.75) is 38.9 Å². The zero-order valence-corrected chi connectivity index (χ0v) is 8.95. The number of ether oxygens (including phenoxy) is 2. The summed E-state index contributed by atoms with van der Waals surface area (Å²) in [5.41, 5.74) is -1.15. The van der Waals surface area contributed by atoms with Gasteiger partial charge >= 0.3 is 5.97 Å². The van der Waals surface area contributed by atoms with E-state index in [1.165, 1.54) is 6.26 Å². The molecule has 0 spiro atoms. The van der Waals surface area contributed by atoms with Gasteiger partial charge in [0.1, 0.15) is 0 Å². The average molecular weight is 234 g/mol. The number of aliphatic hydroxyl groups is 1. The van der Waals surface area contributed by atoms with Crippen LogP contribution < -0.4 is 0 Å². The van der Waals surface area contributed by atoms with Crippen LogP contribution >= 0.6 is 0 Å². The van der Waals surface area contributed by atoms with Crippen molar-refractivity contribution in [2.24, 2.45) is 0 Å². The lowest BCUT2D eigenvalue weighted by Crippen LogP contribution is -2.41. The highest BCUT2D eigenvalue weighted by Gasteiger charge is 2.37. The molecule has 0 aliphatic carbocycles. The molecule has 1 N–H and O–H groups in total. The van der Waals surface area contributed by atoms with Gasteiger partial charge in [-0.1, -0.05) is 6.58 Å². The third-order valence-electron chi connectivity index (χ3n) is 1.74. The van der Waals surface area contributed by atoms with Crippen LogP contribution in [-0.2, 0) is 14.3 Å². The number of carbonyl (C=O) groups is 1. The summed E-state index contributed by atoms with van der Waals surface area (Å²) in [5, 5.41) is 9.21. The van der Waals surface area contributed by atoms with Crippen LogP contribution in [0.25, 0.3) is 0 Å². The van der Waals surface area contributed by atoms with Gasteiger partial charge in [-0.2, -0.15) is 0 Å². The van der Waals surface area contributed by atoms with E-state index in [1.807, 2.05) is 0 Å². The van der Waals surface area contributed by atoms with E-state index in [1.54, 1.807) is 20.8 Å². The number of rotatable bonds is 6. The minimum absolute atomic E-state index is 0. The number of esters is 1. The molecule has 0 rings (SSSR count). The lowest BCUT2D eigenvalue weighted by Gasteiger charge is -2.27. The third-order valence-corrected chi connectivity index (χ3v) is 1.74. The Labute approximate surface area is 95.3 Å². The van der Waals surface area contributed by atoms with E-state index in [4.69, 9.17) is 9.47 Å². The Morgan fingerprint density at radius 2 is 2.20 bits per heavy atom. The molecule has 90 valence electrons. The predicted molar refractivity (Wildman–Crippen MR) is 64.0 cm³/mol. The second-order valence-corrected chi connectivity index (χ2v) is 3.29. The number of hydrogen-bond donors (Lipinski definition) is 1. The van der Waals surface area contributed by atoms with Crippen molar-refractivity contribution in [2.75, 3.05) is 6.61 Å². The van der Waals surface area contributed by atoms with Crippen molar-refractivity contribution < 1.29 is 19.4 Å². The third kappa shape index (κ3) is 5.59. The van der Waals surface area contributed by atoms with Crippen LogP contribution in [0, 0.1) is 0 Å². The SMILES string of the molecule is C=COC(C)(CC(C)O)C(=O)OCC.[SiH4]. The predicted octanol–water partition coefficient (Wildman–Crippen LogP) is -0.212. The normalized spacial score (nSPS) is 15.5. The quantitative estimate of drug-likeness (QED) is 0.392. The van der Waals surface area contributed by atoms with Crippen LogP contribution in [0.3, 0.4) is 0 Å². The highest BCUT2D eigenvalue weighted by Crippen LogP contribution is 2.20. The Morgan fingerprint density at radius 1 is 1.67 bits per heavy atom. The van der Waals surface area contributed by atoms with E-state index >= 15 is 0 Å². The monoisotopic (exact) mass is 234 g/mol. The Bertz CT molecular complexity index is 206. The summed E-state index contributed by atoms with van der Waals surface area (Å²) < 4.78 is 9.92. The van der Waals surface area contributed by atoms with E-state index < -0.39 is 17.7 Å². The van der Waals surface area contributed by atoms with Crippen molar-refractivity contribution in [3.63, 3.8) is 0 Å². The largest absolute Gasteiger partial charge is 0.484 e. The van der Waals surface area contributed by atoms with E-state index in [0.717, 1.165) is 0 Å². The standard InChI is InChI=1S/C10H18O4.H4Si/c1-5-13-9(12)10(4,14-6-2)7-8(3)11;/h6,8,11H,2,5,7H2,1,3-4H3;1H4. The summed E-state index contributed by atoms with van der Waals surface area (Å²) in [4.78, 5) is 11.5. The second-order valence-electron chi connectivity index (χ2n) is 3.29. The molecule has 0 aromatic heterocycles. The molecular formula is C10H22O4Si. The first-order valence-corrected chi connectivity index (χ1v) is 4.60. The van der Waals surface area contributed by atoms with Gasteiger partial charge in [-0.15, -0.1) is 0 Å². The van der Waals surface area contributed by atoms with Crippen molar-refractivity contribution in [1.29, 1.82) is 0 Å². The van der Waals surface area contributed by atoms with Gasteiger partial charge in [0.05, 0.1) is 19.0 Å². The molecule has 0 aromatic rings. The zero-order chi connectivity index (χ0) is 11.2. The van der Waals surface area contributed by atoms with Crippen LogP contribution in [0.4, 0.5) is 0 Å². The van der Waals surface area contributed by atoms with E-state index in [2.05, 4.69) is 6.58 Å². The molecule has 0 aromatic carbocycles. The van der Waals surface area contributed by atoms with Gasteiger partial charge in [-0.3, -0.25) is 0 Å². The highest BCUT2D eigenvalue weighted by molar-refractivity contribution is 5.79. The fraction of sp³-hybridized carbons (Fsp3) is 0.700. The molecule has 15 heavy (non-hydrogen) atoms. The van der Waals surface area contributed by atoms with Crippen LogP contribution in [0.15, 0.2) is 12.8 Å². The topological polar surface area (TPSA) is 55.8 Å². The Morgan fingerprint density at radius 3 is 2.53 bits per heavy atom. The summed E-state index contributed by atoms with van der Waals surface area (Å²) in [6.07, 6.45) is 0.723. The van der Waals surface area contributed by atoms with Gasteiger partial charge < -0.3 is 14.6 Å². The van der Waals surface area contributed by atoms with Gasteiger partial charge in [-0.05, 0) is 31.7 Å². The summed E-state index contributed by atoms with van der Waals surface area (Å²) in [6, 6.07) is 0. The first-order valence-electron chi connectivity index (χ1n) is 4.60. The van der Waals surface area contributed by atoms with Gasteiger partial charge in [0, 0.05) is 6.42 Å². The number of carbonyl (C=O) groups excluding carboxylic acids is 1. The van der Waals surface area contributed by atoms with Gasteiger partial charge in [0.15, 0.2) is 0 Å². The molecular weight excluding hydrogens is 212 g/mol. The molecule has 2 unspecified atom stereocenters. The number of hydrogen-bond acceptors (Lipinski definition) is 4. The maximum atomic E-state index is 11.5. The molecule has 0 aliphatic rings. The Kier molecular flexibility index (Phi) is 8.28. The minimum Gasteiger partial charge on any atom is -0.484 e. The van der Waals surface area contributed by atoms with Gasteiger partial charge in [0.25, 0.3) is 0 Å². The molecule has 2 atom stereocenters. The lowest BCUT2D eigenvalue weighted by atomic mass is 9.99. The summed E-state index contributed by atoms with van der Waals surface area (Å²) in [5.74, 6) is -0.485. The summed E-state index contributed by atoms with van der Waals surface area (Å²) >= 11 is 0. The maximum absolute atomic E-state index is 11.5. The van der Waals surface area contributed by atoms with E-state index in [-0.39, 0.29) is 24.0 Å². The molecule has 0 saturated carbocycles. The van der Waals surface area contributed by atoms with Gasteiger partial charge in [-0.25, -0.2) is 4.79 Å². The fourth-order valence-electron chi connectivity index (χ4n) is 1.21. The molecule has 0 saturated heterocycles. The lowest BCUT2D eigenvalue weighted by molar-refractivity contribution is -0.166. The van der Waals surface area contributed by atoms with Crippen LogP contribution in [-0.4, -0.2) is 40.4 Å². The maximum Gasteiger partial charge on any atom is 0.350 e. The smallest absolute Gasteiger partial charge is 0.350 e. The van der Waals surface area contributed by atoms with E-state index in [0.29, 0.717) is 0 Å². The van der Waals surface area contributed by atoms with Crippen LogP contribution in [0.2, 0.25) is 0 Å². The molecule has 5 heteroatoms.